The molecule has 0 bridgehead atoms. The summed E-state index contributed by atoms with van der Waals surface area (Å²) in [5.74, 6) is 0.0909. The summed E-state index contributed by atoms with van der Waals surface area (Å²) in [5.41, 5.74) is 4.80. The van der Waals surface area contributed by atoms with Crippen LogP contribution in [-0.4, -0.2) is 36.2 Å². The lowest BCUT2D eigenvalue weighted by atomic mass is 9.87. The van der Waals surface area contributed by atoms with E-state index >= 15 is 0 Å². The second-order valence-electron chi connectivity index (χ2n) is 4.22. The van der Waals surface area contributed by atoms with Crippen LogP contribution in [0.5, 0.6) is 0 Å². The predicted octanol–water partition coefficient (Wildman–Crippen LogP) is -0.678. The molecule has 0 aromatic heterocycles. The van der Waals surface area contributed by atoms with Gasteiger partial charge in [-0.2, -0.15) is 0 Å². The molecule has 6 heteroatoms. The smallest absolute Gasteiger partial charge is 0.318 e. The Morgan fingerprint density at radius 1 is 1.25 bits per heavy atom. The summed E-state index contributed by atoms with van der Waals surface area (Å²) in [6.45, 7) is 0.834. The monoisotopic (exact) mass is 229 g/mol. The number of carbonyl (C=O) groups excluding carboxylic acids is 2. The molecule has 0 saturated heterocycles. The lowest BCUT2D eigenvalue weighted by molar-refractivity contribution is -0.119. The molecule has 0 unspecified atom stereocenters. The maximum absolute atomic E-state index is 11.0. The lowest BCUT2D eigenvalue weighted by Crippen LogP contribution is -2.41. The van der Waals surface area contributed by atoms with Gasteiger partial charge in [-0.05, 0) is 38.1 Å². The molecule has 0 radical (unpaired) electrons. The van der Waals surface area contributed by atoms with Crippen LogP contribution < -0.4 is 16.4 Å². The second-order valence-corrected chi connectivity index (χ2v) is 4.22. The lowest BCUT2D eigenvalue weighted by Gasteiger charge is -2.25. The largest absolute Gasteiger partial charge is 0.393 e. The number of aliphatic hydroxyl groups is 1. The molecule has 0 aromatic carbocycles. The number of aliphatic hydroxyl groups excluding tert-OH is 1. The van der Waals surface area contributed by atoms with Crippen molar-refractivity contribution in [1.82, 2.24) is 10.6 Å². The average molecular weight is 229 g/mol. The third kappa shape index (κ3) is 5.09. The molecule has 1 aliphatic carbocycles. The highest BCUT2D eigenvalue weighted by atomic mass is 16.3. The van der Waals surface area contributed by atoms with Crippen molar-refractivity contribution in [2.75, 3.05) is 13.1 Å². The summed E-state index contributed by atoms with van der Waals surface area (Å²) in [5, 5.41) is 14.3. The Kier molecular flexibility index (Phi) is 5.21. The Hall–Kier alpha value is -1.14. The number of amides is 3. The van der Waals surface area contributed by atoms with Crippen LogP contribution in [-0.2, 0) is 4.79 Å². The molecule has 1 saturated carbocycles. The predicted molar refractivity (Wildman–Crippen MR) is 58.6 cm³/mol. The summed E-state index contributed by atoms with van der Waals surface area (Å²) in [6.07, 6.45) is 3.46. The first-order valence-corrected chi connectivity index (χ1v) is 5.56. The van der Waals surface area contributed by atoms with E-state index in [-0.39, 0.29) is 12.6 Å². The Labute approximate surface area is 94.6 Å². The fourth-order valence-corrected chi connectivity index (χ4v) is 1.92. The number of rotatable bonds is 4. The first kappa shape index (κ1) is 12.9. The number of imide groups is 1. The van der Waals surface area contributed by atoms with Crippen molar-refractivity contribution in [2.45, 2.75) is 31.8 Å². The van der Waals surface area contributed by atoms with Gasteiger partial charge in [0.05, 0.1) is 12.6 Å². The van der Waals surface area contributed by atoms with E-state index in [1.807, 2.05) is 5.32 Å². The Morgan fingerprint density at radius 3 is 2.44 bits per heavy atom. The van der Waals surface area contributed by atoms with Gasteiger partial charge in [0.1, 0.15) is 0 Å². The molecule has 1 aliphatic rings. The Morgan fingerprint density at radius 2 is 1.88 bits per heavy atom. The third-order valence-corrected chi connectivity index (χ3v) is 2.80. The van der Waals surface area contributed by atoms with E-state index in [2.05, 4.69) is 5.32 Å². The van der Waals surface area contributed by atoms with E-state index < -0.39 is 11.9 Å². The van der Waals surface area contributed by atoms with Crippen molar-refractivity contribution in [3.8, 4) is 0 Å². The van der Waals surface area contributed by atoms with E-state index in [1.165, 1.54) is 0 Å². The minimum Gasteiger partial charge on any atom is -0.393 e. The molecule has 3 amide bonds. The first-order valence-electron chi connectivity index (χ1n) is 5.56. The topological polar surface area (TPSA) is 104 Å². The Balaban J connectivity index is 2.07. The van der Waals surface area contributed by atoms with Crippen molar-refractivity contribution in [3.05, 3.63) is 0 Å². The number of urea groups is 1. The van der Waals surface area contributed by atoms with Gasteiger partial charge in [0.15, 0.2) is 0 Å². The zero-order chi connectivity index (χ0) is 12.0. The number of hydrogen-bond acceptors (Lipinski definition) is 4. The normalized spacial score (nSPS) is 25.1. The molecule has 1 rings (SSSR count). The van der Waals surface area contributed by atoms with Gasteiger partial charge < -0.3 is 16.2 Å². The summed E-state index contributed by atoms with van der Waals surface area (Å²) in [6, 6.07) is -0.826. The summed E-state index contributed by atoms with van der Waals surface area (Å²) in [7, 11) is 0. The zero-order valence-corrected chi connectivity index (χ0v) is 9.24. The highest BCUT2D eigenvalue weighted by molar-refractivity contribution is 5.94. The van der Waals surface area contributed by atoms with Gasteiger partial charge in [-0.15, -0.1) is 0 Å². The number of carbonyl (C=O) groups is 2. The van der Waals surface area contributed by atoms with Crippen molar-refractivity contribution in [2.24, 2.45) is 11.7 Å². The molecular formula is C10H19N3O3. The van der Waals surface area contributed by atoms with Gasteiger partial charge in [-0.3, -0.25) is 10.1 Å². The van der Waals surface area contributed by atoms with Crippen molar-refractivity contribution in [3.63, 3.8) is 0 Å². The van der Waals surface area contributed by atoms with E-state index in [4.69, 9.17) is 5.73 Å². The van der Waals surface area contributed by atoms with Gasteiger partial charge >= 0.3 is 6.03 Å². The number of nitrogens with one attached hydrogen (secondary N) is 2. The van der Waals surface area contributed by atoms with Gasteiger partial charge in [0.25, 0.3) is 0 Å². The summed E-state index contributed by atoms with van der Waals surface area (Å²) >= 11 is 0. The molecule has 0 aromatic rings. The minimum atomic E-state index is -0.826. The van der Waals surface area contributed by atoms with Crippen molar-refractivity contribution in [1.29, 1.82) is 0 Å². The van der Waals surface area contributed by atoms with Crippen LogP contribution >= 0.6 is 0 Å². The van der Waals surface area contributed by atoms with Crippen LogP contribution in [0.4, 0.5) is 4.79 Å². The quantitative estimate of drug-likeness (QED) is 0.512. The fourth-order valence-electron chi connectivity index (χ4n) is 1.92. The highest BCUT2D eigenvalue weighted by Crippen LogP contribution is 2.23. The maximum atomic E-state index is 11.0. The van der Waals surface area contributed by atoms with Crippen molar-refractivity contribution >= 4 is 11.9 Å². The molecule has 92 valence electrons. The van der Waals surface area contributed by atoms with E-state index in [0.29, 0.717) is 5.92 Å². The highest BCUT2D eigenvalue weighted by Gasteiger charge is 2.19. The molecule has 1 fully saturated rings. The number of primary amides is 1. The zero-order valence-electron chi connectivity index (χ0n) is 9.24. The Bertz CT molecular complexity index is 250. The fraction of sp³-hybridized carbons (Fsp3) is 0.800. The van der Waals surface area contributed by atoms with Crippen LogP contribution in [0.15, 0.2) is 0 Å². The number of hydrogen-bond donors (Lipinski definition) is 4. The minimum absolute atomic E-state index is 0.0992. The van der Waals surface area contributed by atoms with E-state index in [9.17, 15) is 14.7 Å². The van der Waals surface area contributed by atoms with Crippen LogP contribution in [0.3, 0.4) is 0 Å². The van der Waals surface area contributed by atoms with Gasteiger partial charge in [0.2, 0.25) is 5.91 Å². The maximum Gasteiger partial charge on any atom is 0.318 e. The molecule has 0 heterocycles. The van der Waals surface area contributed by atoms with E-state index in [0.717, 1.165) is 32.2 Å². The van der Waals surface area contributed by atoms with Gasteiger partial charge in [-0.1, -0.05) is 0 Å². The number of nitrogens with two attached hydrogens (primary N) is 1. The molecular weight excluding hydrogens is 210 g/mol. The van der Waals surface area contributed by atoms with E-state index in [1.54, 1.807) is 0 Å². The van der Waals surface area contributed by atoms with Gasteiger partial charge in [0, 0.05) is 0 Å². The standard InChI is InChI=1S/C10H19N3O3/c11-10(16)13-9(15)6-12-5-7-1-3-8(14)4-2-7/h7-8,12,14H,1-6H2,(H3,11,13,15,16). The van der Waals surface area contributed by atoms with Crippen molar-refractivity contribution < 1.29 is 14.7 Å². The van der Waals surface area contributed by atoms with Crippen LogP contribution in [0.1, 0.15) is 25.7 Å². The third-order valence-electron chi connectivity index (χ3n) is 2.80. The SMILES string of the molecule is NC(=O)NC(=O)CNCC1CCC(O)CC1. The van der Waals surface area contributed by atoms with Gasteiger partial charge in [-0.25, -0.2) is 4.79 Å². The molecule has 16 heavy (non-hydrogen) atoms. The molecule has 0 spiro atoms. The summed E-state index contributed by atoms with van der Waals surface area (Å²) in [4.78, 5) is 21.4. The molecule has 0 atom stereocenters. The molecule has 0 aliphatic heterocycles. The summed E-state index contributed by atoms with van der Waals surface area (Å²) < 4.78 is 0. The van der Waals surface area contributed by atoms with Crippen LogP contribution in [0.25, 0.3) is 0 Å². The second kappa shape index (κ2) is 6.44. The first-order chi connectivity index (χ1) is 7.58. The molecule has 5 N–H and O–H groups in total. The van der Waals surface area contributed by atoms with Crippen LogP contribution in [0.2, 0.25) is 0 Å². The van der Waals surface area contributed by atoms with Crippen LogP contribution in [0, 0.1) is 5.92 Å². The average Bonchev–Trinajstić information content (AvgIpc) is 2.20. The molecule has 6 nitrogen and oxygen atoms in total.